The molecular weight excluding hydrogens is 164 g/mol. The smallest absolute Gasteiger partial charge is 0.185 e. The summed E-state index contributed by atoms with van der Waals surface area (Å²) in [5.41, 5.74) is 1.71. The summed E-state index contributed by atoms with van der Waals surface area (Å²) in [5.74, 6) is 0.385. The first-order valence-electron chi connectivity index (χ1n) is 3.91. The molecule has 0 radical (unpaired) electrons. The molecule has 0 aliphatic carbocycles. The van der Waals surface area contributed by atoms with Crippen molar-refractivity contribution in [3.8, 4) is 0 Å². The molecule has 3 nitrogen and oxygen atoms in total. The number of hydrogen-bond acceptors (Lipinski definition) is 2. The summed E-state index contributed by atoms with van der Waals surface area (Å²) in [6.07, 6.45) is 2.31. The largest absolute Gasteiger partial charge is 0.298 e. The van der Waals surface area contributed by atoms with Gasteiger partial charge in [-0.3, -0.25) is 9.36 Å². The van der Waals surface area contributed by atoms with Gasteiger partial charge in [0, 0.05) is 6.20 Å². The zero-order valence-electron chi connectivity index (χ0n) is 6.97. The summed E-state index contributed by atoms with van der Waals surface area (Å²) in [5, 5.41) is 0. The third-order valence-corrected chi connectivity index (χ3v) is 1.91. The molecule has 2 aromatic rings. The van der Waals surface area contributed by atoms with Crippen LogP contribution in [0.3, 0.4) is 0 Å². The van der Waals surface area contributed by atoms with Crippen molar-refractivity contribution in [1.29, 1.82) is 0 Å². The van der Waals surface area contributed by atoms with Crippen LogP contribution in [0.1, 0.15) is 10.6 Å². The van der Waals surface area contributed by atoms with Crippen LogP contribution in [0.5, 0.6) is 0 Å². The summed E-state index contributed by atoms with van der Waals surface area (Å²) in [7, 11) is 0. The van der Waals surface area contributed by atoms with Crippen molar-refractivity contribution in [1.82, 2.24) is 9.55 Å². The molecule has 2 rings (SSSR count). The highest BCUT2D eigenvalue weighted by atomic mass is 16.1. The quantitative estimate of drug-likeness (QED) is 0.649. The number of hydrogen-bond donors (Lipinski definition) is 0. The Balaban J connectivity index is 2.88. The first kappa shape index (κ1) is 7.73. The van der Waals surface area contributed by atoms with Crippen LogP contribution in [0.2, 0.25) is 0 Å². The molecule has 0 amide bonds. The first-order valence-corrected chi connectivity index (χ1v) is 3.91. The van der Waals surface area contributed by atoms with E-state index < -0.39 is 0 Å². The summed E-state index contributed by atoms with van der Waals surface area (Å²) >= 11 is 0. The molecule has 1 aromatic carbocycles. The van der Waals surface area contributed by atoms with E-state index in [1.165, 1.54) is 0 Å². The number of fused-ring (bicyclic) bond motifs is 1. The number of aldehydes is 1. The molecule has 0 unspecified atom stereocenters. The summed E-state index contributed by atoms with van der Waals surface area (Å²) in [6.45, 7) is 3.63. The monoisotopic (exact) mass is 172 g/mol. The van der Waals surface area contributed by atoms with Gasteiger partial charge in [-0.2, -0.15) is 0 Å². The zero-order chi connectivity index (χ0) is 9.26. The van der Waals surface area contributed by atoms with E-state index in [0.717, 1.165) is 17.3 Å². The second-order valence-electron chi connectivity index (χ2n) is 2.63. The van der Waals surface area contributed by atoms with Crippen molar-refractivity contribution in [2.75, 3.05) is 0 Å². The second kappa shape index (κ2) is 2.86. The van der Waals surface area contributed by atoms with Crippen LogP contribution in [0.15, 0.2) is 30.8 Å². The fourth-order valence-electron chi connectivity index (χ4n) is 1.34. The number of aromatic nitrogens is 2. The van der Waals surface area contributed by atoms with Crippen molar-refractivity contribution in [3.63, 3.8) is 0 Å². The molecule has 1 aromatic heterocycles. The number of carbonyl (C=O) groups excluding carboxylic acids is 1. The lowest BCUT2D eigenvalue weighted by Gasteiger charge is -1.94. The Labute approximate surface area is 75.3 Å². The number of imidazole rings is 1. The van der Waals surface area contributed by atoms with Crippen molar-refractivity contribution in [2.24, 2.45) is 0 Å². The van der Waals surface area contributed by atoms with Gasteiger partial charge in [-0.15, -0.1) is 0 Å². The molecule has 0 saturated carbocycles. The Kier molecular flexibility index (Phi) is 1.70. The second-order valence-corrected chi connectivity index (χ2v) is 2.63. The van der Waals surface area contributed by atoms with Crippen LogP contribution < -0.4 is 0 Å². The lowest BCUT2D eigenvalue weighted by molar-refractivity contribution is 0.111. The standard InChI is InChI=1S/C10H8N2O/c1-2-12-9-6-4-3-5-8(9)11-10(12)7-13/h2-7H,1H2. The van der Waals surface area contributed by atoms with E-state index >= 15 is 0 Å². The lowest BCUT2D eigenvalue weighted by atomic mass is 10.3. The minimum Gasteiger partial charge on any atom is -0.298 e. The maximum Gasteiger partial charge on any atom is 0.185 e. The van der Waals surface area contributed by atoms with E-state index in [-0.39, 0.29) is 0 Å². The SMILES string of the molecule is C=Cn1c(C=O)nc2ccccc21. The van der Waals surface area contributed by atoms with Crippen molar-refractivity contribution < 1.29 is 4.79 Å². The zero-order valence-corrected chi connectivity index (χ0v) is 6.97. The predicted octanol–water partition coefficient (Wildman–Crippen LogP) is 1.95. The fraction of sp³-hybridized carbons (Fsp3) is 0. The molecule has 3 heteroatoms. The Morgan fingerprint density at radius 3 is 2.85 bits per heavy atom. The van der Waals surface area contributed by atoms with Crippen molar-refractivity contribution >= 4 is 23.5 Å². The van der Waals surface area contributed by atoms with Gasteiger partial charge in [0.05, 0.1) is 11.0 Å². The normalized spacial score (nSPS) is 10.2. The highest BCUT2D eigenvalue weighted by Gasteiger charge is 2.05. The molecule has 13 heavy (non-hydrogen) atoms. The summed E-state index contributed by atoms with van der Waals surface area (Å²) in [4.78, 5) is 14.8. The molecule has 0 atom stereocenters. The van der Waals surface area contributed by atoms with E-state index in [1.54, 1.807) is 10.8 Å². The van der Waals surface area contributed by atoms with Gasteiger partial charge in [-0.25, -0.2) is 4.98 Å². The van der Waals surface area contributed by atoms with Gasteiger partial charge < -0.3 is 0 Å². The van der Waals surface area contributed by atoms with Crippen molar-refractivity contribution in [2.45, 2.75) is 0 Å². The first-order chi connectivity index (χ1) is 6.36. The minimum absolute atomic E-state index is 0.385. The molecule has 0 fully saturated rings. The Hall–Kier alpha value is -1.90. The van der Waals surface area contributed by atoms with E-state index in [1.807, 2.05) is 24.3 Å². The van der Waals surface area contributed by atoms with E-state index in [0.29, 0.717) is 5.82 Å². The van der Waals surface area contributed by atoms with Gasteiger partial charge in [0.25, 0.3) is 0 Å². The molecular formula is C10H8N2O. The van der Waals surface area contributed by atoms with Gasteiger partial charge in [0.1, 0.15) is 0 Å². The molecule has 0 N–H and O–H groups in total. The molecule has 0 saturated heterocycles. The van der Waals surface area contributed by atoms with Crippen LogP contribution in [-0.2, 0) is 0 Å². The fourth-order valence-corrected chi connectivity index (χ4v) is 1.34. The summed E-state index contributed by atoms with van der Waals surface area (Å²) < 4.78 is 1.67. The van der Waals surface area contributed by atoms with Crippen LogP contribution >= 0.6 is 0 Å². The molecule has 64 valence electrons. The Bertz CT molecular complexity index is 471. The van der Waals surface area contributed by atoms with Crippen molar-refractivity contribution in [3.05, 3.63) is 36.7 Å². The third-order valence-electron chi connectivity index (χ3n) is 1.91. The maximum atomic E-state index is 10.6. The van der Waals surface area contributed by atoms with Crippen LogP contribution in [-0.4, -0.2) is 15.8 Å². The van der Waals surface area contributed by atoms with E-state index in [9.17, 15) is 4.79 Å². The van der Waals surface area contributed by atoms with E-state index in [4.69, 9.17) is 0 Å². The van der Waals surface area contributed by atoms with Crippen LogP contribution in [0, 0.1) is 0 Å². The van der Waals surface area contributed by atoms with E-state index in [2.05, 4.69) is 11.6 Å². The Morgan fingerprint density at radius 1 is 1.38 bits per heavy atom. The Morgan fingerprint density at radius 2 is 2.15 bits per heavy atom. The molecule has 0 aliphatic rings. The maximum absolute atomic E-state index is 10.6. The molecule has 1 heterocycles. The third kappa shape index (κ3) is 1.05. The number of benzene rings is 1. The van der Waals surface area contributed by atoms with Crippen LogP contribution in [0.25, 0.3) is 17.2 Å². The van der Waals surface area contributed by atoms with Crippen LogP contribution in [0.4, 0.5) is 0 Å². The molecule has 0 spiro atoms. The predicted molar refractivity (Wildman–Crippen MR) is 51.5 cm³/mol. The number of para-hydroxylation sites is 2. The number of nitrogens with zero attached hydrogens (tertiary/aromatic N) is 2. The van der Waals surface area contributed by atoms with Gasteiger partial charge in [0.15, 0.2) is 12.1 Å². The molecule has 0 bridgehead atoms. The van der Waals surface area contributed by atoms with Gasteiger partial charge in [-0.05, 0) is 12.1 Å². The topological polar surface area (TPSA) is 34.9 Å². The number of carbonyl (C=O) groups is 1. The van der Waals surface area contributed by atoms with Gasteiger partial charge >= 0.3 is 0 Å². The average Bonchev–Trinajstić information content (AvgIpc) is 2.55. The molecule has 0 aliphatic heterocycles. The minimum atomic E-state index is 0.385. The highest BCUT2D eigenvalue weighted by Crippen LogP contribution is 2.14. The average molecular weight is 172 g/mol. The number of rotatable bonds is 2. The van der Waals surface area contributed by atoms with Gasteiger partial charge in [0.2, 0.25) is 0 Å². The lowest BCUT2D eigenvalue weighted by Crippen LogP contribution is -1.92. The highest BCUT2D eigenvalue weighted by molar-refractivity contribution is 5.85. The summed E-state index contributed by atoms with van der Waals surface area (Å²) in [6, 6.07) is 7.55. The van der Waals surface area contributed by atoms with Gasteiger partial charge in [-0.1, -0.05) is 18.7 Å².